The Bertz CT molecular complexity index is 231. The van der Waals surface area contributed by atoms with Gasteiger partial charge in [-0.1, -0.05) is 33.1 Å². The van der Waals surface area contributed by atoms with Gasteiger partial charge in [-0.25, -0.2) is 0 Å². The van der Waals surface area contributed by atoms with Gasteiger partial charge in [0.2, 0.25) is 0 Å². The van der Waals surface area contributed by atoms with Gasteiger partial charge in [-0.15, -0.1) is 0 Å². The minimum Gasteiger partial charge on any atom is -0.297 e. The highest BCUT2D eigenvalue weighted by Gasteiger charge is 2.40. The lowest BCUT2D eigenvalue weighted by Gasteiger charge is -2.41. The Morgan fingerprint density at radius 2 is 2.20 bits per heavy atom. The molecule has 1 rings (SSSR count). The quantitative estimate of drug-likeness (QED) is 0.770. The highest BCUT2D eigenvalue weighted by Crippen LogP contribution is 2.36. The molecular weight excluding hydrogens is 184 g/mol. The van der Waals surface area contributed by atoms with E-state index in [4.69, 9.17) is 0 Å². The van der Waals surface area contributed by atoms with Crippen molar-refractivity contribution >= 4 is 0 Å². The van der Waals surface area contributed by atoms with Gasteiger partial charge in [0.15, 0.2) is 0 Å². The highest BCUT2D eigenvalue weighted by atomic mass is 15.0. The second-order valence-corrected chi connectivity index (χ2v) is 4.89. The second kappa shape index (κ2) is 5.51. The van der Waals surface area contributed by atoms with Crippen LogP contribution in [-0.4, -0.2) is 11.6 Å². The molecule has 15 heavy (non-hydrogen) atoms. The molecule has 1 aliphatic carbocycles. The maximum Gasteiger partial charge on any atom is 0.109 e. The fourth-order valence-corrected chi connectivity index (χ4v) is 2.71. The standard InChI is InChI=1S/C13H24N2/c1-4-11(3)15-13(10-14)9-7-6-8-12(13)5-2/h11-12,15H,4-9H2,1-3H3. The third kappa shape index (κ3) is 2.72. The maximum atomic E-state index is 9.47. The number of nitrogens with one attached hydrogen (secondary N) is 1. The van der Waals surface area contributed by atoms with Gasteiger partial charge >= 0.3 is 0 Å². The van der Waals surface area contributed by atoms with Crippen LogP contribution in [0.1, 0.15) is 59.3 Å². The zero-order valence-electron chi connectivity index (χ0n) is 10.3. The maximum absolute atomic E-state index is 9.47. The van der Waals surface area contributed by atoms with E-state index in [-0.39, 0.29) is 5.54 Å². The van der Waals surface area contributed by atoms with Gasteiger partial charge < -0.3 is 0 Å². The minimum atomic E-state index is -0.234. The van der Waals surface area contributed by atoms with Crippen LogP contribution in [0.25, 0.3) is 0 Å². The van der Waals surface area contributed by atoms with Crippen molar-refractivity contribution in [2.75, 3.05) is 0 Å². The number of rotatable bonds is 4. The van der Waals surface area contributed by atoms with Crippen molar-refractivity contribution in [3.63, 3.8) is 0 Å². The molecule has 0 aliphatic heterocycles. The van der Waals surface area contributed by atoms with Gasteiger partial charge in [0.25, 0.3) is 0 Å². The summed E-state index contributed by atoms with van der Waals surface area (Å²) in [6, 6.07) is 3.03. The monoisotopic (exact) mass is 208 g/mol. The molecule has 0 amide bonds. The molecule has 0 aromatic rings. The Labute approximate surface area is 94.1 Å². The van der Waals surface area contributed by atoms with Gasteiger partial charge in [0, 0.05) is 6.04 Å². The minimum absolute atomic E-state index is 0.234. The van der Waals surface area contributed by atoms with Crippen LogP contribution in [0.15, 0.2) is 0 Å². The summed E-state index contributed by atoms with van der Waals surface area (Å²) in [5, 5.41) is 13.0. The van der Waals surface area contributed by atoms with Crippen molar-refractivity contribution in [2.24, 2.45) is 5.92 Å². The van der Waals surface area contributed by atoms with Gasteiger partial charge in [-0.3, -0.25) is 5.32 Å². The summed E-state index contributed by atoms with van der Waals surface area (Å²) < 4.78 is 0. The Kier molecular flexibility index (Phi) is 4.60. The van der Waals surface area contributed by atoms with Crippen molar-refractivity contribution < 1.29 is 0 Å². The molecule has 1 aliphatic rings. The average Bonchev–Trinajstić information content (AvgIpc) is 2.29. The molecule has 0 aromatic carbocycles. The molecule has 1 N–H and O–H groups in total. The molecule has 0 bridgehead atoms. The lowest BCUT2D eigenvalue weighted by molar-refractivity contribution is 0.175. The zero-order valence-corrected chi connectivity index (χ0v) is 10.3. The van der Waals surface area contributed by atoms with Crippen molar-refractivity contribution in [1.82, 2.24) is 5.32 Å². The van der Waals surface area contributed by atoms with Crippen LogP contribution in [0.4, 0.5) is 0 Å². The van der Waals surface area contributed by atoms with Gasteiger partial charge in [0.05, 0.1) is 6.07 Å². The molecule has 3 unspecified atom stereocenters. The summed E-state index contributed by atoms with van der Waals surface area (Å²) in [6.45, 7) is 6.56. The fourth-order valence-electron chi connectivity index (χ4n) is 2.71. The lowest BCUT2D eigenvalue weighted by atomic mass is 9.72. The van der Waals surface area contributed by atoms with Crippen LogP contribution < -0.4 is 5.32 Å². The van der Waals surface area contributed by atoms with E-state index in [2.05, 4.69) is 32.2 Å². The summed E-state index contributed by atoms with van der Waals surface area (Å²) >= 11 is 0. The van der Waals surface area contributed by atoms with E-state index < -0.39 is 0 Å². The molecule has 86 valence electrons. The van der Waals surface area contributed by atoms with E-state index in [1.54, 1.807) is 0 Å². The lowest BCUT2D eigenvalue weighted by Crippen LogP contribution is -2.54. The molecule has 2 nitrogen and oxygen atoms in total. The molecule has 3 atom stereocenters. The van der Waals surface area contributed by atoms with E-state index in [9.17, 15) is 5.26 Å². The topological polar surface area (TPSA) is 35.8 Å². The van der Waals surface area contributed by atoms with Crippen LogP contribution in [0.3, 0.4) is 0 Å². The van der Waals surface area contributed by atoms with E-state index >= 15 is 0 Å². The number of nitriles is 1. The molecule has 0 saturated heterocycles. The third-order valence-electron chi connectivity index (χ3n) is 3.88. The molecule has 0 spiro atoms. The van der Waals surface area contributed by atoms with Crippen molar-refractivity contribution in [3.05, 3.63) is 0 Å². The first kappa shape index (κ1) is 12.5. The van der Waals surface area contributed by atoms with Crippen molar-refractivity contribution in [1.29, 1.82) is 5.26 Å². The van der Waals surface area contributed by atoms with Crippen molar-refractivity contribution in [2.45, 2.75) is 70.9 Å². The first-order valence-corrected chi connectivity index (χ1v) is 6.37. The van der Waals surface area contributed by atoms with E-state index in [1.165, 1.54) is 19.3 Å². The van der Waals surface area contributed by atoms with E-state index in [0.29, 0.717) is 12.0 Å². The Morgan fingerprint density at radius 3 is 2.73 bits per heavy atom. The fraction of sp³-hybridized carbons (Fsp3) is 0.923. The molecule has 0 radical (unpaired) electrons. The second-order valence-electron chi connectivity index (χ2n) is 4.89. The molecule has 0 aromatic heterocycles. The summed E-state index contributed by atoms with van der Waals surface area (Å²) in [7, 11) is 0. The largest absolute Gasteiger partial charge is 0.297 e. The van der Waals surface area contributed by atoms with Crippen molar-refractivity contribution in [3.8, 4) is 6.07 Å². The summed E-state index contributed by atoms with van der Waals surface area (Å²) in [5.41, 5.74) is -0.234. The Balaban J connectivity index is 2.75. The summed E-state index contributed by atoms with van der Waals surface area (Å²) in [6.07, 6.45) is 6.97. The zero-order chi connectivity index (χ0) is 11.3. The summed E-state index contributed by atoms with van der Waals surface area (Å²) in [5.74, 6) is 0.547. The highest BCUT2D eigenvalue weighted by molar-refractivity contribution is 5.12. The van der Waals surface area contributed by atoms with E-state index in [0.717, 1.165) is 19.3 Å². The molecule has 2 heteroatoms. The average molecular weight is 208 g/mol. The van der Waals surface area contributed by atoms with Crippen LogP contribution in [-0.2, 0) is 0 Å². The number of nitrogens with zero attached hydrogens (tertiary/aromatic N) is 1. The number of hydrogen-bond acceptors (Lipinski definition) is 2. The predicted molar refractivity (Wildman–Crippen MR) is 63.5 cm³/mol. The van der Waals surface area contributed by atoms with E-state index in [1.807, 2.05) is 0 Å². The van der Waals surface area contributed by atoms with Crippen LogP contribution in [0.2, 0.25) is 0 Å². The van der Waals surface area contributed by atoms with Crippen LogP contribution >= 0.6 is 0 Å². The third-order valence-corrected chi connectivity index (χ3v) is 3.88. The van der Waals surface area contributed by atoms with Crippen LogP contribution in [0.5, 0.6) is 0 Å². The number of hydrogen-bond donors (Lipinski definition) is 1. The summed E-state index contributed by atoms with van der Waals surface area (Å²) in [4.78, 5) is 0. The SMILES string of the molecule is CCC(C)NC1(C#N)CCCCC1CC. The van der Waals surface area contributed by atoms with Gasteiger partial charge in [-0.05, 0) is 32.1 Å². The first-order valence-electron chi connectivity index (χ1n) is 6.37. The Hall–Kier alpha value is -0.550. The predicted octanol–water partition coefficient (Wildman–Crippen LogP) is 3.24. The van der Waals surface area contributed by atoms with Crippen LogP contribution in [0, 0.1) is 17.2 Å². The molecule has 1 fully saturated rings. The molecule has 1 saturated carbocycles. The normalized spacial score (nSPS) is 33.3. The Morgan fingerprint density at radius 1 is 1.47 bits per heavy atom. The van der Waals surface area contributed by atoms with Gasteiger partial charge in [-0.2, -0.15) is 5.26 Å². The smallest absolute Gasteiger partial charge is 0.109 e. The molecular formula is C13H24N2. The first-order chi connectivity index (χ1) is 7.18. The molecule has 0 heterocycles. The van der Waals surface area contributed by atoms with Gasteiger partial charge in [0.1, 0.15) is 5.54 Å².